The topological polar surface area (TPSA) is 12.9 Å². The van der Waals surface area contributed by atoms with E-state index in [4.69, 9.17) is 0 Å². The van der Waals surface area contributed by atoms with Gasteiger partial charge in [-0.25, -0.2) is 9.37 Å². The van der Waals surface area contributed by atoms with Gasteiger partial charge in [-0.3, -0.25) is 0 Å². The summed E-state index contributed by atoms with van der Waals surface area (Å²) < 4.78 is 13.8. The van der Waals surface area contributed by atoms with E-state index in [1.54, 1.807) is 23.5 Å². The lowest BCUT2D eigenvalue weighted by molar-refractivity contribution is 0.640. The Kier molecular flexibility index (Phi) is 3.29. The van der Waals surface area contributed by atoms with Crippen molar-refractivity contribution in [2.75, 3.05) is 0 Å². The van der Waals surface area contributed by atoms with Crippen LogP contribution in [0.2, 0.25) is 0 Å². The Bertz CT molecular complexity index is 734. The zero-order valence-electron chi connectivity index (χ0n) is 10.3. The molecule has 0 amide bonds. The van der Waals surface area contributed by atoms with Gasteiger partial charge in [0.15, 0.2) is 0 Å². The molecule has 1 aromatic heterocycles. The highest BCUT2D eigenvalue weighted by molar-refractivity contribution is 7.80. The molecule has 0 bridgehead atoms. The molecule has 0 saturated carbocycles. The Balaban J connectivity index is 2.22. The molecule has 19 heavy (non-hydrogen) atoms. The van der Waals surface area contributed by atoms with E-state index in [0.29, 0.717) is 5.39 Å². The summed E-state index contributed by atoms with van der Waals surface area (Å²) in [5.41, 5.74) is 1.85. The molecular weight excluding hydrogens is 277 g/mol. The van der Waals surface area contributed by atoms with E-state index in [9.17, 15) is 4.39 Å². The summed E-state index contributed by atoms with van der Waals surface area (Å²) in [6.07, 6.45) is 0. The second-order valence-corrected chi connectivity index (χ2v) is 6.05. The number of fused-ring (bicyclic) bond motifs is 1. The van der Waals surface area contributed by atoms with E-state index in [1.165, 1.54) is 6.07 Å². The summed E-state index contributed by atoms with van der Waals surface area (Å²) >= 11 is 5.98. The van der Waals surface area contributed by atoms with Gasteiger partial charge in [-0.15, -0.1) is 11.3 Å². The van der Waals surface area contributed by atoms with E-state index in [1.807, 2.05) is 30.5 Å². The van der Waals surface area contributed by atoms with Gasteiger partial charge in [-0.2, -0.15) is 12.6 Å². The molecule has 0 spiro atoms. The number of nitrogens with zero attached hydrogens (tertiary/aromatic N) is 1. The normalized spacial score (nSPS) is 12.8. The molecule has 3 aromatic rings. The number of halogens is 1. The first-order chi connectivity index (χ1) is 9.16. The molecule has 0 radical (unpaired) electrons. The molecule has 1 unspecified atom stereocenters. The minimum Gasteiger partial charge on any atom is -0.240 e. The summed E-state index contributed by atoms with van der Waals surface area (Å²) in [6, 6.07) is 10.8. The van der Waals surface area contributed by atoms with Crippen molar-refractivity contribution >= 4 is 34.7 Å². The molecule has 0 N–H and O–H groups in total. The van der Waals surface area contributed by atoms with Crippen molar-refractivity contribution in [1.82, 2.24) is 4.98 Å². The molecule has 1 heterocycles. The fourth-order valence-corrected chi connectivity index (χ4v) is 3.09. The van der Waals surface area contributed by atoms with Crippen LogP contribution in [0.25, 0.3) is 22.0 Å². The molecule has 96 valence electrons. The smallest absolute Gasteiger partial charge is 0.131 e. The zero-order valence-corrected chi connectivity index (χ0v) is 12.0. The largest absolute Gasteiger partial charge is 0.240 e. The van der Waals surface area contributed by atoms with Crippen LogP contribution in [0.15, 0.2) is 41.8 Å². The second-order valence-electron chi connectivity index (χ2n) is 4.39. The third-order valence-electron chi connectivity index (χ3n) is 3.03. The number of hydrogen-bond acceptors (Lipinski definition) is 3. The van der Waals surface area contributed by atoms with Crippen LogP contribution < -0.4 is 0 Å². The average Bonchev–Trinajstić information content (AvgIpc) is 2.89. The van der Waals surface area contributed by atoms with E-state index in [0.717, 1.165) is 21.7 Å². The van der Waals surface area contributed by atoms with Crippen molar-refractivity contribution in [2.45, 2.75) is 12.2 Å². The van der Waals surface area contributed by atoms with Crippen LogP contribution >= 0.6 is 24.0 Å². The molecule has 3 rings (SSSR count). The van der Waals surface area contributed by atoms with Crippen LogP contribution in [-0.4, -0.2) is 4.98 Å². The molecule has 1 atom stereocenters. The fraction of sp³-hybridized carbons (Fsp3) is 0.133. The van der Waals surface area contributed by atoms with Crippen LogP contribution in [0, 0.1) is 5.82 Å². The standard InChI is InChI=1S/C15H12FNS2/c1-9(18)15-17-14(8-19-15)12-6-7-13(16)11-5-3-2-4-10(11)12/h2-9,18H,1H3. The lowest BCUT2D eigenvalue weighted by Crippen LogP contribution is -1.87. The highest BCUT2D eigenvalue weighted by Crippen LogP contribution is 2.33. The molecule has 0 aliphatic rings. The van der Waals surface area contributed by atoms with Gasteiger partial charge in [0.1, 0.15) is 10.8 Å². The van der Waals surface area contributed by atoms with Gasteiger partial charge in [-0.05, 0) is 24.4 Å². The summed E-state index contributed by atoms with van der Waals surface area (Å²) in [4.78, 5) is 4.58. The summed E-state index contributed by atoms with van der Waals surface area (Å²) in [6.45, 7) is 1.99. The van der Waals surface area contributed by atoms with Gasteiger partial charge in [0, 0.05) is 16.3 Å². The first-order valence-electron chi connectivity index (χ1n) is 5.98. The van der Waals surface area contributed by atoms with Crippen LogP contribution in [-0.2, 0) is 0 Å². The lowest BCUT2D eigenvalue weighted by Gasteiger charge is -2.05. The first kappa shape index (κ1) is 12.6. The number of rotatable bonds is 2. The maximum absolute atomic E-state index is 13.8. The van der Waals surface area contributed by atoms with Gasteiger partial charge in [0.25, 0.3) is 0 Å². The predicted molar refractivity (Wildman–Crippen MR) is 82.4 cm³/mol. The van der Waals surface area contributed by atoms with E-state index in [2.05, 4.69) is 17.6 Å². The molecule has 0 aliphatic heterocycles. The number of benzene rings is 2. The molecule has 1 nitrogen and oxygen atoms in total. The van der Waals surface area contributed by atoms with Crippen LogP contribution in [0.3, 0.4) is 0 Å². The fourth-order valence-electron chi connectivity index (χ4n) is 2.09. The molecular formula is C15H12FNS2. The third kappa shape index (κ3) is 2.26. The maximum atomic E-state index is 13.8. The van der Waals surface area contributed by atoms with Gasteiger partial charge in [0.05, 0.1) is 10.9 Å². The average molecular weight is 289 g/mol. The Morgan fingerprint density at radius 1 is 1.16 bits per heavy atom. The number of thiazole rings is 1. The molecule has 0 aliphatic carbocycles. The number of thiol groups is 1. The van der Waals surface area contributed by atoms with Gasteiger partial charge in [-0.1, -0.05) is 24.3 Å². The van der Waals surface area contributed by atoms with Crippen molar-refractivity contribution in [3.05, 3.63) is 52.6 Å². The van der Waals surface area contributed by atoms with E-state index in [-0.39, 0.29) is 11.1 Å². The lowest BCUT2D eigenvalue weighted by atomic mass is 10.0. The minimum atomic E-state index is -0.197. The molecule has 0 fully saturated rings. The van der Waals surface area contributed by atoms with Crippen molar-refractivity contribution < 1.29 is 4.39 Å². The van der Waals surface area contributed by atoms with Crippen molar-refractivity contribution in [2.24, 2.45) is 0 Å². The second kappa shape index (κ2) is 4.94. The monoisotopic (exact) mass is 289 g/mol. The Labute approximate surface area is 120 Å². The van der Waals surface area contributed by atoms with Crippen molar-refractivity contribution in [1.29, 1.82) is 0 Å². The van der Waals surface area contributed by atoms with Gasteiger partial charge >= 0.3 is 0 Å². The van der Waals surface area contributed by atoms with E-state index < -0.39 is 0 Å². The molecule has 0 saturated heterocycles. The van der Waals surface area contributed by atoms with Gasteiger partial charge < -0.3 is 0 Å². The van der Waals surface area contributed by atoms with Gasteiger partial charge in [0.2, 0.25) is 0 Å². The highest BCUT2D eigenvalue weighted by atomic mass is 32.1. The zero-order chi connectivity index (χ0) is 13.4. The summed E-state index contributed by atoms with van der Waals surface area (Å²) in [5.74, 6) is -0.197. The Morgan fingerprint density at radius 3 is 2.58 bits per heavy atom. The Morgan fingerprint density at radius 2 is 1.89 bits per heavy atom. The maximum Gasteiger partial charge on any atom is 0.131 e. The van der Waals surface area contributed by atoms with Crippen LogP contribution in [0.1, 0.15) is 17.2 Å². The third-order valence-corrected chi connectivity index (χ3v) is 4.47. The number of hydrogen-bond donors (Lipinski definition) is 1. The highest BCUT2D eigenvalue weighted by Gasteiger charge is 2.12. The summed E-state index contributed by atoms with van der Waals surface area (Å²) in [7, 11) is 0. The quantitative estimate of drug-likeness (QED) is 0.648. The minimum absolute atomic E-state index is 0.116. The SMILES string of the molecule is CC(S)c1nc(-c2ccc(F)c3ccccc23)cs1. The van der Waals surface area contributed by atoms with Crippen molar-refractivity contribution in [3.8, 4) is 11.3 Å². The van der Waals surface area contributed by atoms with Crippen LogP contribution in [0.4, 0.5) is 4.39 Å². The molecule has 4 heteroatoms. The Hall–Kier alpha value is -1.39. The molecule has 2 aromatic carbocycles. The first-order valence-corrected chi connectivity index (χ1v) is 7.37. The van der Waals surface area contributed by atoms with Crippen LogP contribution in [0.5, 0.6) is 0 Å². The summed E-state index contributed by atoms with van der Waals surface area (Å²) in [5, 5.41) is 4.62. The predicted octanol–water partition coefficient (Wildman–Crippen LogP) is 5.09. The van der Waals surface area contributed by atoms with Crippen molar-refractivity contribution in [3.63, 3.8) is 0 Å². The van der Waals surface area contributed by atoms with E-state index >= 15 is 0 Å². The number of aromatic nitrogens is 1.